The lowest BCUT2D eigenvalue weighted by Gasteiger charge is -2.41. The lowest BCUT2D eigenvalue weighted by atomic mass is 9.94. The Bertz CT molecular complexity index is 1190. The van der Waals surface area contributed by atoms with E-state index in [-0.39, 0.29) is 17.5 Å². The first-order valence-electron chi connectivity index (χ1n) is 10.5. The number of anilines is 1. The summed E-state index contributed by atoms with van der Waals surface area (Å²) in [4.78, 5) is 28.9. The molecule has 2 aromatic heterocycles. The average Bonchev–Trinajstić information content (AvgIpc) is 2.77. The first-order valence-corrected chi connectivity index (χ1v) is 10.5. The zero-order chi connectivity index (χ0) is 22.9. The quantitative estimate of drug-likeness (QED) is 0.600. The molecule has 168 valence electrons. The van der Waals surface area contributed by atoms with Crippen LogP contribution in [0.4, 0.5) is 5.69 Å². The fourth-order valence-electron chi connectivity index (χ4n) is 3.94. The number of carbonyl (C=O) groups excluding carboxylic acids is 1. The van der Waals surface area contributed by atoms with E-state index in [0.717, 1.165) is 6.42 Å². The molecule has 1 amide bonds. The number of fused-ring (bicyclic) bond motifs is 1. The van der Waals surface area contributed by atoms with E-state index in [9.17, 15) is 9.59 Å². The van der Waals surface area contributed by atoms with Gasteiger partial charge in [0.15, 0.2) is 0 Å². The predicted octanol–water partition coefficient (Wildman–Crippen LogP) is 4.06. The molecule has 1 aliphatic rings. The van der Waals surface area contributed by atoms with E-state index in [4.69, 9.17) is 18.6 Å². The first-order chi connectivity index (χ1) is 15.3. The van der Waals surface area contributed by atoms with Crippen LogP contribution in [0.3, 0.4) is 0 Å². The molecule has 0 aliphatic carbocycles. The minimum absolute atomic E-state index is 0.00205. The SMILES string of the molecule is COC1CCC(Oc2ccc3cc(NC(=O)c4ccccn4)c(=O)oc3c2C)OC1(C)C. The van der Waals surface area contributed by atoms with Crippen molar-refractivity contribution >= 4 is 22.6 Å². The summed E-state index contributed by atoms with van der Waals surface area (Å²) in [6, 6.07) is 10.1. The zero-order valence-electron chi connectivity index (χ0n) is 18.5. The Morgan fingerprint density at radius 1 is 1.22 bits per heavy atom. The van der Waals surface area contributed by atoms with E-state index in [1.54, 1.807) is 43.5 Å². The number of benzene rings is 1. The number of carbonyl (C=O) groups is 1. The molecule has 2 unspecified atom stereocenters. The number of nitrogens with zero attached hydrogens (tertiary/aromatic N) is 1. The molecule has 32 heavy (non-hydrogen) atoms. The van der Waals surface area contributed by atoms with Gasteiger partial charge in [0, 0.05) is 30.7 Å². The molecular weight excluding hydrogens is 412 g/mol. The summed E-state index contributed by atoms with van der Waals surface area (Å²) in [6.07, 6.45) is 2.57. The fourth-order valence-corrected chi connectivity index (χ4v) is 3.94. The van der Waals surface area contributed by atoms with Crippen molar-refractivity contribution in [2.75, 3.05) is 12.4 Å². The predicted molar refractivity (Wildman–Crippen MR) is 119 cm³/mol. The van der Waals surface area contributed by atoms with Crippen molar-refractivity contribution in [3.63, 3.8) is 0 Å². The molecule has 8 nitrogen and oxygen atoms in total. The minimum atomic E-state index is -0.653. The second-order valence-electron chi connectivity index (χ2n) is 8.29. The zero-order valence-corrected chi connectivity index (χ0v) is 18.5. The van der Waals surface area contributed by atoms with Crippen molar-refractivity contribution in [3.8, 4) is 5.75 Å². The van der Waals surface area contributed by atoms with E-state index in [0.29, 0.717) is 28.7 Å². The number of hydrogen-bond acceptors (Lipinski definition) is 7. The second-order valence-corrected chi connectivity index (χ2v) is 8.29. The lowest BCUT2D eigenvalue weighted by molar-refractivity contribution is -0.233. The van der Waals surface area contributed by atoms with Crippen molar-refractivity contribution < 1.29 is 23.4 Å². The molecule has 0 bridgehead atoms. The maximum atomic E-state index is 12.5. The highest BCUT2D eigenvalue weighted by atomic mass is 16.7. The van der Waals surface area contributed by atoms with Gasteiger partial charge in [-0.3, -0.25) is 9.78 Å². The molecule has 2 atom stereocenters. The van der Waals surface area contributed by atoms with Crippen LogP contribution >= 0.6 is 0 Å². The molecule has 3 aromatic rings. The van der Waals surface area contributed by atoms with Gasteiger partial charge in [-0.05, 0) is 57.5 Å². The third kappa shape index (κ3) is 4.37. The molecule has 1 N–H and O–H groups in total. The van der Waals surface area contributed by atoms with Gasteiger partial charge < -0.3 is 23.9 Å². The van der Waals surface area contributed by atoms with Gasteiger partial charge >= 0.3 is 5.63 Å². The van der Waals surface area contributed by atoms with Crippen LogP contribution in [-0.2, 0) is 9.47 Å². The Morgan fingerprint density at radius 2 is 2.03 bits per heavy atom. The molecule has 3 heterocycles. The lowest BCUT2D eigenvalue weighted by Crippen LogP contribution is -2.49. The van der Waals surface area contributed by atoms with Gasteiger partial charge in [0.2, 0.25) is 6.29 Å². The smallest absolute Gasteiger partial charge is 0.360 e. The van der Waals surface area contributed by atoms with Crippen LogP contribution in [-0.4, -0.2) is 36.0 Å². The topological polar surface area (TPSA) is 99.9 Å². The highest BCUT2D eigenvalue weighted by Gasteiger charge is 2.39. The Morgan fingerprint density at radius 3 is 2.72 bits per heavy atom. The minimum Gasteiger partial charge on any atom is -0.465 e. The molecule has 1 saturated heterocycles. The van der Waals surface area contributed by atoms with Crippen LogP contribution in [0.2, 0.25) is 0 Å². The van der Waals surface area contributed by atoms with Gasteiger partial charge in [-0.25, -0.2) is 4.79 Å². The highest BCUT2D eigenvalue weighted by Crippen LogP contribution is 2.34. The van der Waals surface area contributed by atoms with Crippen molar-refractivity contribution in [3.05, 3.63) is 64.3 Å². The normalized spacial score (nSPS) is 20.1. The standard InChI is InChI=1S/C24H26N2O6/c1-14-18(30-20-11-10-19(29-4)24(2,3)32-20)9-8-15-13-17(23(28)31-21(14)15)26-22(27)16-7-5-6-12-25-16/h5-9,12-13,19-20H,10-11H2,1-4H3,(H,26,27). The van der Waals surface area contributed by atoms with E-state index in [1.807, 2.05) is 20.8 Å². The van der Waals surface area contributed by atoms with Crippen LogP contribution in [0.5, 0.6) is 5.75 Å². The maximum Gasteiger partial charge on any atom is 0.360 e. The molecule has 8 heteroatoms. The summed E-state index contributed by atoms with van der Waals surface area (Å²) in [6.45, 7) is 5.77. The average molecular weight is 438 g/mol. The molecule has 0 radical (unpaired) electrons. The third-order valence-corrected chi connectivity index (χ3v) is 5.66. The second kappa shape index (κ2) is 8.72. The number of amides is 1. The number of pyridine rings is 1. The van der Waals surface area contributed by atoms with Gasteiger partial charge in [-0.1, -0.05) is 6.07 Å². The van der Waals surface area contributed by atoms with Crippen molar-refractivity contribution in [1.29, 1.82) is 0 Å². The monoisotopic (exact) mass is 438 g/mol. The molecule has 0 spiro atoms. The number of aromatic nitrogens is 1. The maximum absolute atomic E-state index is 12.5. The van der Waals surface area contributed by atoms with E-state index in [1.165, 1.54) is 6.20 Å². The summed E-state index contributed by atoms with van der Waals surface area (Å²) in [5.41, 5.74) is 0.197. The Labute approximate surface area is 185 Å². The summed E-state index contributed by atoms with van der Waals surface area (Å²) in [5.74, 6) is 0.0861. The number of rotatable bonds is 5. The Kier molecular flexibility index (Phi) is 5.99. The van der Waals surface area contributed by atoms with Gasteiger partial charge in [-0.15, -0.1) is 0 Å². The summed E-state index contributed by atoms with van der Waals surface area (Å²) < 4.78 is 23.2. The first kappa shape index (κ1) is 22.0. The molecular formula is C24H26N2O6. The summed E-state index contributed by atoms with van der Waals surface area (Å²) in [7, 11) is 1.68. The molecule has 1 aromatic carbocycles. The number of aryl methyl sites for hydroxylation is 1. The van der Waals surface area contributed by atoms with Crippen LogP contribution in [0.1, 0.15) is 42.7 Å². The largest absolute Gasteiger partial charge is 0.465 e. The number of nitrogens with one attached hydrogen (secondary N) is 1. The van der Waals surface area contributed by atoms with Crippen molar-refractivity contribution in [1.82, 2.24) is 4.98 Å². The van der Waals surface area contributed by atoms with Crippen LogP contribution < -0.4 is 15.7 Å². The molecule has 1 aliphatic heterocycles. The number of methoxy groups -OCH3 is 1. The van der Waals surface area contributed by atoms with E-state index >= 15 is 0 Å². The van der Waals surface area contributed by atoms with E-state index < -0.39 is 23.4 Å². The Balaban J connectivity index is 1.56. The molecule has 1 fully saturated rings. The fraction of sp³-hybridized carbons (Fsp3) is 0.375. The van der Waals surface area contributed by atoms with Crippen molar-refractivity contribution in [2.24, 2.45) is 0 Å². The molecule has 4 rings (SSSR count). The molecule has 0 saturated carbocycles. The van der Waals surface area contributed by atoms with Gasteiger partial charge in [0.1, 0.15) is 22.7 Å². The highest BCUT2D eigenvalue weighted by molar-refractivity contribution is 6.03. The van der Waals surface area contributed by atoms with Crippen LogP contribution in [0, 0.1) is 6.92 Å². The van der Waals surface area contributed by atoms with Gasteiger partial charge in [0.05, 0.1) is 11.7 Å². The number of ether oxygens (including phenoxy) is 3. The van der Waals surface area contributed by atoms with Crippen LogP contribution in [0.25, 0.3) is 11.0 Å². The van der Waals surface area contributed by atoms with Crippen LogP contribution in [0.15, 0.2) is 51.8 Å². The summed E-state index contributed by atoms with van der Waals surface area (Å²) in [5, 5.41) is 3.23. The Hall–Kier alpha value is -3.23. The number of hydrogen-bond donors (Lipinski definition) is 1. The van der Waals surface area contributed by atoms with Gasteiger partial charge in [0.25, 0.3) is 5.91 Å². The van der Waals surface area contributed by atoms with Crippen molar-refractivity contribution in [2.45, 2.75) is 51.6 Å². The van der Waals surface area contributed by atoms with Gasteiger partial charge in [-0.2, -0.15) is 0 Å². The third-order valence-electron chi connectivity index (χ3n) is 5.66. The van der Waals surface area contributed by atoms with E-state index in [2.05, 4.69) is 10.3 Å². The summed E-state index contributed by atoms with van der Waals surface area (Å²) >= 11 is 0.